The Balaban J connectivity index is 2.14. The summed E-state index contributed by atoms with van der Waals surface area (Å²) in [5.74, 6) is 0. The predicted molar refractivity (Wildman–Crippen MR) is 62.8 cm³/mol. The number of benzene rings is 1. The minimum absolute atomic E-state index is 0.110. The van der Waals surface area contributed by atoms with Gasteiger partial charge in [-0.3, -0.25) is 10.1 Å². The van der Waals surface area contributed by atoms with Crippen LogP contribution in [0.1, 0.15) is 11.1 Å². The van der Waals surface area contributed by atoms with Crippen LogP contribution in [-0.4, -0.2) is 9.91 Å². The monoisotopic (exact) mass is 214 g/mol. The van der Waals surface area contributed by atoms with Crippen molar-refractivity contribution in [2.45, 2.75) is 0 Å². The number of hydrogen-bond donors (Lipinski definition) is 1. The van der Waals surface area contributed by atoms with E-state index in [4.69, 9.17) is 0 Å². The second kappa shape index (κ2) is 4.44. The van der Waals surface area contributed by atoms with Crippen LogP contribution in [-0.2, 0) is 0 Å². The van der Waals surface area contributed by atoms with E-state index in [2.05, 4.69) is 4.98 Å². The molecule has 1 N–H and O–H groups in total. The van der Waals surface area contributed by atoms with Crippen molar-refractivity contribution in [1.82, 2.24) is 4.98 Å². The molecule has 0 amide bonds. The summed E-state index contributed by atoms with van der Waals surface area (Å²) in [4.78, 5) is 13.0. The second-order valence-corrected chi connectivity index (χ2v) is 3.33. The summed E-state index contributed by atoms with van der Waals surface area (Å²) in [6, 6.07) is 8.39. The van der Waals surface area contributed by atoms with Crippen molar-refractivity contribution < 1.29 is 4.92 Å². The van der Waals surface area contributed by atoms with Gasteiger partial charge in [-0.25, -0.2) is 0 Å². The van der Waals surface area contributed by atoms with E-state index in [0.717, 1.165) is 11.1 Å². The molecule has 2 aromatic rings. The topological polar surface area (TPSA) is 58.9 Å². The molecule has 0 bridgehead atoms. The van der Waals surface area contributed by atoms with Gasteiger partial charge in [-0.15, -0.1) is 0 Å². The van der Waals surface area contributed by atoms with Gasteiger partial charge >= 0.3 is 0 Å². The van der Waals surface area contributed by atoms with Crippen molar-refractivity contribution in [3.05, 3.63) is 64.0 Å². The molecule has 0 aliphatic heterocycles. The Kier molecular flexibility index (Phi) is 2.82. The van der Waals surface area contributed by atoms with Gasteiger partial charge in [0.2, 0.25) is 0 Å². The van der Waals surface area contributed by atoms with Crippen LogP contribution in [0.2, 0.25) is 0 Å². The van der Waals surface area contributed by atoms with E-state index in [9.17, 15) is 10.1 Å². The molecule has 1 heterocycles. The van der Waals surface area contributed by atoms with Crippen LogP contribution in [0.3, 0.4) is 0 Å². The molecule has 0 saturated carbocycles. The first-order chi connectivity index (χ1) is 7.75. The third-order valence-corrected chi connectivity index (χ3v) is 2.19. The zero-order valence-corrected chi connectivity index (χ0v) is 8.46. The lowest BCUT2D eigenvalue weighted by atomic mass is 10.1. The second-order valence-electron chi connectivity index (χ2n) is 3.33. The van der Waals surface area contributed by atoms with Gasteiger partial charge in [0.25, 0.3) is 5.69 Å². The molecule has 0 aliphatic carbocycles. The summed E-state index contributed by atoms with van der Waals surface area (Å²) in [5.41, 5.74) is 2.11. The Morgan fingerprint density at radius 3 is 2.31 bits per heavy atom. The average molecular weight is 214 g/mol. The van der Waals surface area contributed by atoms with Crippen LogP contribution in [0.5, 0.6) is 0 Å². The molecule has 0 atom stereocenters. The van der Waals surface area contributed by atoms with E-state index in [1.54, 1.807) is 12.1 Å². The maximum absolute atomic E-state index is 10.4. The summed E-state index contributed by atoms with van der Waals surface area (Å²) in [5, 5.41) is 10.4. The Labute approximate surface area is 92.4 Å². The van der Waals surface area contributed by atoms with Crippen LogP contribution in [0.4, 0.5) is 5.69 Å². The zero-order valence-electron chi connectivity index (χ0n) is 8.46. The molecule has 1 aromatic carbocycles. The van der Waals surface area contributed by atoms with E-state index < -0.39 is 4.92 Å². The van der Waals surface area contributed by atoms with Gasteiger partial charge in [0.05, 0.1) is 4.92 Å². The Bertz CT molecular complexity index is 498. The standard InChI is InChI=1S/C12H10N2O2/c15-14(16)12-5-3-10(4-6-12)1-2-11-7-8-13-9-11/h1-9,13H/b2-1+. The Morgan fingerprint density at radius 1 is 1.06 bits per heavy atom. The van der Waals surface area contributed by atoms with Crippen LogP contribution in [0.15, 0.2) is 42.7 Å². The van der Waals surface area contributed by atoms with Gasteiger partial charge in [0, 0.05) is 24.5 Å². The summed E-state index contributed by atoms with van der Waals surface area (Å²) in [7, 11) is 0. The summed E-state index contributed by atoms with van der Waals surface area (Å²) >= 11 is 0. The first-order valence-corrected chi connectivity index (χ1v) is 4.81. The van der Waals surface area contributed by atoms with Crippen molar-refractivity contribution in [2.24, 2.45) is 0 Å². The van der Waals surface area contributed by atoms with Gasteiger partial charge in [-0.05, 0) is 29.3 Å². The van der Waals surface area contributed by atoms with E-state index in [1.807, 2.05) is 30.6 Å². The van der Waals surface area contributed by atoms with Crippen molar-refractivity contribution in [1.29, 1.82) is 0 Å². The zero-order chi connectivity index (χ0) is 11.4. The molecule has 0 saturated heterocycles. The SMILES string of the molecule is O=[N+]([O-])c1ccc(/C=C/c2cc[nH]c2)cc1. The van der Waals surface area contributed by atoms with Gasteiger partial charge in [-0.1, -0.05) is 12.2 Å². The highest BCUT2D eigenvalue weighted by Gasteiger charge is 2.01. The Hall–Kier alpha value is -2.36. The van der Waals surface area contributed by atoms with Crippen LogP contribution >= 0.6 is 0 Å². The molecule has 2 rings (SSSR count). The minimum atomic E-state index is -0.403. The highest BCUT2D eigenvalue weighted by atomic mass is 16.6. The fourth-order valence-electron chi connectivity index (χ4n) is 1.34. The molecule has 0 aliphatic rings. The number of non-ortho nitro benzene ring substituents is 1. The maximum atomic E-state index is 10.4. The third-order valence-electron chi connectivity index (χ3n) is 2.19. The predicted octanol–water partition coefficient (Wildman–Crippen LogP) is 3.09. The molecule has 0 radical (unpaired) electrons. The van der Waals surface area contributed by atoms with E-state index in [1.165, 1.54) is 12.1 Å². The van der Waals surface area contributed by atoms with Crippen LogP contribution in [0.25, 0.3) is 12.2 Å². The first kappa shape index (κ1) is 10.2. The van der Waals surface area contributed by atoms with E-state index in [0.29, 0.717) is 0 Å². The third kappa shape index (κ3) is 2.36. The molecular formula is C12H10N2O2. The average Bonchev–Trinajstić information content (AvgIpc) is 2.80. The smallest absolute Gasteiger partial charge is 0.269 e. The molecule has 0 spiro atoms. The highest BCUT2D eigenvalue weighted by molar-refractivity contribution is 5.69. The van der Waals surface area contributed by atoms with Crippen molar-refractivity contribution >= 4 is 17.8 Å². The lowest BCUT2D eigenvalue weighted by molar-refractivity contribution is -0.384. The number of aromatic nitrogens is 1. The fourth-order valence-corrected chi connectivity index (χ4v) is 1.34. The summed E-state index contributed by atoms with van der Waals surface area (Å²) in [6.07, 6.45) is 7.57. The number of hydrogen-bond acceptors (Lipinski definition) is 2. The number of rotatable bonds is 3. The summed E-state index contributed by atoms with van der Waals surface area (Å²) < 4.78 is 0. The lowest BCUT2D eigenvalue weighted by Gasteiger charge is -1.93. The van der Waals surface area contributed by atoms with Gasteiger partial charge in [0.15, 0.2) is 0 Å². The highest BCUT2D eigenvalue weighted by Crippen LogP contribution is 2.14. The normalized spacial score (nSPS) is 10.8. The first-order valence-electron chi connectivity index (χ1n) is 4.81. The molecule has 4 nitrogen and oxygen atoms in total. The molecule has 0 fully saturated rings. The molecular weight excluding hydrogens is 204 g/mol. The number of nitro benzene ring substituents is 1. The quantitative estimate of drug-likeness (QED) is 0.630. The minimum Gasteiger partial charge on any atom is -0.367 e. The Morgan fingerprint density at radius 2 is 1.75 bits per heavy atom. The maximum Gasteiger partial charge on any atom is 0.269 e. The lowest BCUT2D eigenvalue weighted by Crippen LogP contribution is -1.86. The van der Waals surface area contributed by atoms with Gasteiger partial charge in [-0.2, -0.15) is 0 Å². The van der Waals surface area contributed by atoms with Gasteiger partial charge in [0.1, 0.15) is 0 Å². The molecule has 4 heteroatoms. The number of nitrogens with zero attached hydrogens (tertiary/aromatic N) is 1. The van der Waals surface area contributed by atoms with E-state index in [-0.39, 0.29) is 5.69 Å². The molecule has 0 unspecified atom stereocenters. The number of nitro groups is 1. The van der Waals surface area contributed by atoms with E-state index >= 15 is 0 Å². The largest absolute Gasteiger partial charge is 0.367 e. The number of H-pyrrole nitrogens is 1. The molecule has 80 valence electrons. The van der Waals surface area contributed by atoms with Crippen molar-refractivity contribution in [3.8, 4) is 0 Å². The van der Waals surface area contributed by atoms with Crippen LogP contribution < -0.4 is 0 Å². The molecule has 16 heavy (non-hydrogen) atoms. The van der Waals surface area contributed by atoms with Crippen molar-refractivity contribution in [2.75, 3.05) is 0 Å². The molecule has 1 aromatic heterocycles. The van der Waals surface area contributed by atoms with Gasteiger partial charge < -0.3 is 4.98 Å². The fraction of sp³-hybridized carbons (Fsp3) is 0. The summed E-state index contributed by atoms with van der Waals surface area (Å²) in [6.45, 7) is 0. The van der Waals surface area contributed by atoms with Crippen LogP contribution in [0, 0.1) is 10.1 Å². The number of aromatic amines is 1. The van der Waals surface area contributed by atoms with Crippen molar-refractivity contribution in [3.63, 3.8) is 0 Å². The number of nitrogens with one attached hydrogen (secondary N) is 1.